The fourth-order valence-electron chi connectivity index (χ4n) is 3.01. The topological polar surface area (TPSA) is 60.2 Å². The second kappa shape index (κ2) is 6.94. The molecular weight excluding hydrogens is 280 g/mol. The first-order chi connectivity index (χ1) is 10.8. The van der Waals surface area contributed by atoms with E-state index in [0.29, 0.717) is 17.7 Å². The number of nitrogens with one attached hydrogen (secondary N) is 1. The van der Waals surface area contributed by atoms with Crippen molar-refractivity contribution < 1.29 is 19.2 Å². The predicted molar refractivity (Wildman–Crippen MR) is 83.0 cm³/mol. The third-order valence-corrected chi connectivity index (χ3v) is 4.29. The highest BCUT2D eigenvalue weighted by Crippen LogP contribution is 2.25. The van der Waals surface area contributed by atoms with Gasteiger partial charge >= 0.3 is 0 Å². The van der Waals surface area contributed by atoms with E-state index >= 15 is 0 Å². The zero-order chi connectivity index (χ0) is 15.4. The maximum atomic E-state index is 12.2. The van der Waals surface area contributed by atoms with Crippen molar-refractivity contribution in [2.45, 2.75) is 6.42 Å². The van der Waals surface area contributed by atoms with Gasteiger partial charge in [0.25, 0.3) is 0 Å². The Hall–Kier alpha value is -1.85. The largest absolute Gasteiger partial charge is 0.370 e. The van der Waals surface area contributed by atoms with Crippen LogP contribution in [0.1, 0.15) is 27.1 Å². The summed E-state index contributed by atoms with van der Waals surface area (Å²) in [6.45, 7) is 5.51. The Morgan fingerprint density at radius 2 is 1.77 bits per heavy atom. The molecule has 0 unspecified atom stereocenters. The first kappa shape index (κ1) is 15.1. The van der Waals surface area contributed by atoms with Gasteiger partial charge in [0.15, 0.2) is 11.6 Å². The van der Waals surface area contributed by atoms with E-state index < -0.39 is 5.92 Å². The van der Waals surface area contributed by atoms with Crippen molar-refractivity contribution in [2.75, 3.05) is 39.4 Å². The molecule has 22 heavy (non-hydrogen) atoms. The van der Waals surface area contributed by atoms with Crippen LogP contribution in [0.5, 0.6) is 0 Å². The zero-order valence-corrected chi connectivity index (χ0v) is 12.6. The molecule has 0 bridgehead atoms. The van der Waals surface area contributed by atoms with Crippen LogP contribution in [-0.4, -0.2) is 57.2 Å². The highest BCUT2D eigenvalue weighted by molar-refractivity contribution is 6.33. The maximum absolute atomic E-state index is 12.2. The van der Waals surface area contributed by atoms with Crippen molar-refractivity contribution in [3.63, 3.8) is 0 Å². The van der Waals surface area contributed by atoms with E-state index in [4.69, 9.17) is 4.74 Å². The number of morpholine rings is 1. The highest BCUT2D eigenvalue weighted by Gasteiger charge is 2.36. The molecule has 2 aliphatic rings. The fourth-order valence-corrected chi connectivity index (χ4v) is 3.01. The van der Waals surface area contributed by atoms with E-state index in [1.165, 1.54) is 0 Å². The van der Waals surface area contributed by atoms with Gasteiger partial charge in [0, 0.05) is 30.3 Å². The molecule has 1 aliphatic heterocycles. The zero-order valence-electron chi connectivity index (χ0n) is 12.6. The van der Waals surface area contributed by atoms with Gasteiger partial charge < -0.3 is 9.64 Å². The summed E-state index contributed by atoms with van der Waals surface area (Å²) in [4.78, 5) is 30.2. The number of carbonyl (C=O) groups is 2. The quantitative estimate of drug-likeness (QED) is 0.475. The number of fused-ring (bicyclic) bond motifs is 1. The van der Waals surface area contributed by atoms with Crippen LogP contribution in [0.15, 0.2) is 29.3 Å². The fraction of sp³-hybridized carbons (Fsp3) is 0.471. The lowest BCUT2D eigenvalue weighted by Crippen LogP contribution is -3.14. The number of quaternary nitrogens is 1. The number of hydrogen-bond acceptors (Lipinski definition) is 4. The lowest BCUT2D eigenvalue weighted by molar-refractivity contribution is -0.908. The summed E-state index contributed by atoms with van der Waals surface area (Å²) in [7, 11) is 0. The summed E-state index contributed by atoms with van der Waals surface area (Å²) < 4.78 is 5.32. The molecule has 1 aromatic rings. The Morgan fingerprint density at radius 3 is 2.41 bits per heavy atom. The third kappa shape index (κ3) is 3.15. The van der Waals surface area contributed by atoms with Gasteiger partial charge in [-0.3, -0.25) is 14.6 Å². The van der Waals surface area contributed by atoms with Crippen LogP contribution in [0.3, 0.4) is 0 Å². The van der Waals surface area contributed by atoms with Gasteiger partial charge in [0.2, 0.25) is 0 Å². The average Bonchev–Trinajstić information content (AvgIpc) is 2.81. The Kier molecular flexibility index (Phi) is 4.75. The average molecular weight is 301 g/mol. The summed E-state index contributed by atoms with van der Waals surface area (Å²) >= 11 is 0. The maximum Gasteiger partial charge on any atom is 0.179 e. The Labute approximate surface area is 130 Å². The van der Waals surface area contributed by atoms with Gasteiger partial charge in [0.1, 0.15) is 19.0 Å². The first-order valence-electron chi connectivity index (χ1n) is 7.86. The number of Topliss-reactive ketones (excluding diaryl/α,β-unsaturated/α-hetero) is 2. The molecule has 5 heteroatoms. The van der Waals surface area contributed by atoms with Crippen LogP contribution < -0.4 is 4.90 Å². The number of carbonyl (C=O) groups excluding carboxylic acids is 2. The second-order valence-electron chi connectivity index (χ2n) is 5.77. The molecule has 0 radical (unpaired) electrons. The molecule has 0 aromatic heterocycles. The molecule has 0 atom stereocenters. The van der Waals surface area contributed by atoms with Gasteiger partial charge in [-0.1, -0.05) is 24.3 Å². The normalized spacial score (nSPS) is 20.0. The van der Waals surface area contributed by atoms with Crippen LogP contribution >= 0.6 is 0 Å². The Bertz CT molecular complexity index is 556. The molecule has 1 aromatic carbocycles. The van der Waals surface area contributed by atoms with Crippen molar-refractivity contribution in [2.24, 2.45) is 10.9 Å². The lowest BCUT2D eigenvalue weighted by Gasteiger charge is -2.23. The summed E-state index contributed by atoms with van der Waals surface area (Å²) in [6, 6.07) is 7.00. The van der Waals surface area contributed by atoms with E-state index in [-0.39, 0.29) is 11.6 Å². The number of ether oxygens (including phenoxy) is 1. The van der Waals surface area contributed by atoms with Gasteiger partial charge in [-0.15, -0.1) is 0 Å². The molecule has 116 valence electrons. The molecule has 1 heterocycles. The minimum Gasteiger partial charge on any atom is -0.370 e. The van der Waals surface area contributed by atoms with Gasteiger partial charge in [0.05, 0.1) is 19.8 Å². The van der Waals surface area contributed by atoms with E-state index in [2.05, 4.69) is 4.99 Å². The van der Waals surface area contributed by atoms with Gasteiger partial charge in [-0.05, 0) is 0 Å². The second-order valence-corrected chi connectivity index (χ2v) is 5.77. The van der Waals surface area contributed by atoms with Gasteiger partial charge in [-0.2, -0.15) is 0 Å². The molecule has 0 amide bonds. The highest BCUT2D eigenvalue weighted by atomic mass is 16.5. The molecule has 1 saturated heterocycles. The molecule has 1 aliphatic carbocycles. The molecule has 0 spiro atoms. The molecule has 1 fully saturated rings. The van der Waals surface area contributed by atoms with Crippen LogP contribution in [0.2, 0.25) is 0 Å². The minimum absolute atomic E-state index is 0.122. The molecule has 1 N–H and O–H groups in total. The molecular formula is C17H21N2O3+. The van der Waals surface area contributed by atoms with Crippen LogP contribution in [0.4, 0.5) is 0 Å². The van der Waals surface area contributed by atoms with E-state index in [0.717, 1.165) is 39.3 Å². The predicted octanol–water partition coefficient (Wildman–Crippen LogP) is 0.0578. The van der Waals surface area contributed by atoms with Crippen molar-refractivity contribution >= 4 is 17.8 Å². The number of aliphatic imine (C=N–C) groups is 1. The summed E-state index contributed by atoms with van der Waals surface area (Å²) in [6.07, 6.45) is 2.51. The SMILES string of the molecule is O=C1c2ccccc2C(=O)C1C=NCCC[NH+]1CCOCC1. The smallest absolute Gasteiger partial charge is 0.179 e. The van der Waals surface area contributed by atoms with Crippen molar-refractivity contribution in [1.29, 1.82) is 0 Å². The van der Waals surface area contributed by atoms with E-state index in [1.54, 1.807) is 35.4 Å². The Morgan fingerprint density at radius 1 is 1.14 bits per heavy atom. The van der Waals surface area contributed by atoms with Crippen molar-refractivity contribution in [3.8, 4) is 0 Å². The summed E-state index contributed by atoms with van der Waals surface area (Å²) in [5, 5.41) is 0. The van der Waals surface area contributed by atoms with E-state index in [1.807, 2.05) is 0 Å². The summed E-state index contributed by atoms with van der Waals surface area (Å²) in [5.74, 6) is -0.959. The monoisotopic (exact) mass is 301 g/mol. The van der Waals surface area contributed by atoms with Crippen LogP contribution in [-0.2, 0) is 4.74 Å². The Balaban J connectivity index is 1.49. The van der Waals surface area contributed by atoms with Gasteiger partial charge in [-0.25, -0.2) is 0 Å². The van der Waals surface area contributed by atoms with Crippen molar-refractivity contribution in [3.05, 3.63) is 35.4 Å². The third-order valence-electron chi connectivity index (χ3n) is 4.29. The molecule has 5 nitrogen and oxygen atoms in total. The summed E-state index contributed by atoms with van der Waals surface area (Å²) in [5.41, 5.74) is 1.06. The molecule has 3 rings (SSSR count). The number of benzene rings is 1. The standard InChI is InChI=1S/C17H20N2O3/c20-16-13-4-1-2-5-14(13)17(21)15(16)12-18-6-3-7-19-8-10-22-11-9-19/h1-2,4-5,12,15H,3,6-11H2/p+1. The minimum atomic E-state index is -0.715. The van der Waals surface area contributed by atoms with Crippen LogP contribution in [0, 0.1) is 5.92 Å². The molecule has 0 saturated carbocycles. The van der Waals surface area contributed by atoms with Crippen LogP contribution in [0.25, 0.3) is 0 Å². The lowest BCUT2D eigenvalue weighted by atomic mass is 10.1. The number of nitrogens with zero attached hydrogens (tertiary/aromatic N) is 1. The first-order valence-corrected chi connectivity index (χ1v) is 7.86. The number of ketones is 2. The number of rotatable bonds is 5. The number of hydrogen-bond donors (Lipinski definition) is 1. The van der Waals surface area contributed by atoms with E-state index in [9.17, 15) is 9.59 Å². The van der Waals surface area contributed by atoms with Crippen molar-refractivity contribution in [1.82, 2.24) is 0 Å².